The van der Waals surface area contributed by atoms with Gasteiger partial charge in [0.05, 0.1) is 6.54 Å². The molecule has 0 aliphatic carbocycles. The van der Waals surface area contributed by atoms with E-state index in [-0.39, 0.29) is 18.4 Å². The Morgan fingerprint density at radius 3 is 2.00 bits per heavy atom. The fraction of sp³-hybridized carbons (Fsp3) is 0.769. The fourth-order valence-electron chi connectivity index (χ4n) is 1.69. The molecule has 2 amide bonds. The molecule has 0 aromatic carbocycles. The molecule has 5 N–H and O–H groups in total. The predicted molar refractivity (Wildman–Crippen MR) is 74.8 cm³/mol. The molecule has 0 fully saturated rings. The first-order chi connectivity index (χ1) is 9.24. The van der Waals surface area contributed by atoms with Crippen LogP contribution in [0, 0.1) is 11.8 Å². The van der Waals surface area contributed by atoms with E-state index in [1.54, 1.807) is 13.8 Å². The standard InChI is InChI=1S/C13H25N3O4/c1-5-8(4)11(15-9(17)6-14)12(18)16-10(7(2)3)13(19)20/h7-8,10-11H,5-6,14H2,1-4H3,(H,15,17)(H,16,18)(H,19,20)/t8-,10-,11-/m0/s1. The van der Waals surface area contributed by atoms with Crippen molar-refractivity contribution in [2.75, 3.05) is 6.54 Å². The van der Waals surface area contributed by atoms with Crippen molar-refractivity contribution >= 4 is 17.8 Å². The summed E-state index contributed by atoms with van der Waals surface area (Å²) < 4.78 is 0. The molecule has 3 atom stereocenters. The molecule has 0 aromatic rings. The Balaban J connectivity index is 4.94. The summed E-state index contributed by atoms with van der Waals surface area (Å²) in [6, 6.07) is -1.76. The maximum atomic E-state index is 12.2. The number of nitrogens with one attached hydrogen (secondary N) is 2. The maximum Gasteiger partial charge on any atom is 0.326 e. The van der Waals surface area contributed by atoms with Crippen molar-refractivity contribution in [3.8, 4) is 0 Å². The topological polar surface area (TPSA) is 122 Å². The van der Waals surface area contributed by atoms with Crippen molar-refractivity contribution in [1.82, 2.24) is 10.6 Å². The molecule has 0 bridgehead atoms. The minimum Gasteiger partial charge on any atom is -0.480 e. The molecule has 0 rings (SSSR count). The van der Waals surface area contributed by atoms with E-state index in [9.17, 15) is 14.4 Å². The summed E-state index contributed by atoms with van der Waals surface area (Å²) in [5, 5.41) is 14.1. The highest BCUT2D eigenvalue weighted by Crippen LogP contribution is 2.10. The van der Waals surface area contributed by atoms with Crippen LogP contribution >= 0.6 is 0 Å². The second-order valence-electron chi connectivity index (χ2n) is 5.20. The molecular formula is C13H25N3O4. The number of carbonyl (C=O) groups excluding carboxylic acids is 2. The van der Waals surface area contributed by atoms with Crippen molar-refractivity contribution in [1.29, 1.82) is 0 Å². The van der Waals surface area contributed by atoms with E-state index < -0.39 is 29.9 Å². The minimum atomic E-state index is -1.10. The molecular weight excluding hydrogens is 262 g/mol. The van der Waals surface area contributed by atoms with Gasteiger partial charge in [0.2, 0.25) is 11.8 Å². The number of carbonyl (C=O) groups is 3. The third kappa shape index (κ3) is 5.56. The first-order valence-corrected chi connectivity index (χ1v) is 6.77. The number of rotatable bonds is 8. The number of carboxylic acid groups (broad SMARTS) is 1. The van der Waals surface area contributed by atoms with Gasteiger partial charge in [0.15, 0.2) is 0 Å². The van der Waals surface area contributed by atoms with Crippen molar-refractivity contribution in [2.45, 2.75) is 46.2 Å². The zero-order valence-corrected chi connectivity index (χ0v) is 12.5. The Hall–Kier alpha value is -1.63. The molecule has 0 radical (unpaired) electrons. The Labute approximate surface area is 119 Å². The maximum absolute atomic E-state index is 12.2. The Bertz CT molecular complexity index is 358. The highest BCUT2D eigenvalue weighted by molar-refractivity contribution is 5.91. The molecule has 0 saturated heterocycles. The van der Waals surface area contributed by atoms with Gasteiger partial charge in [0, 0.05) is 0 Å². The van der Waals surface area contributed by atoms with E-state index in [1.165, 1.54) is 0 Å². The number of hydrogen-bond donors (Lipinski definition) is 4. The van der Waals surface area contributed by atoms with Gasteiger partial charge in [-0.3, -0.25) is 9.59 Å². The normalized spacial score (nSPS) is 15.3. The summed E-state index contributed by atoms with van der Waals surface area (Å²) in [5.74, 6) is -2.41. The average Bonchev–Trinajstić information content (AvgIpc) is 2.39. The SMILES string of the molecule is CC[C@H](C)[C@H](NC(=O)CN)C(=O)N[C@H](C(=O)O)C(C)C. The molecule has 0 aromatic heterocycles. The lowest BCUT2D eigenvalue weighted by atomic mass is 9.96. The molecule has 0 spiro atoms. The van der Waals surface area contributed by atoms with Crippen LogP contribution in [0.4, 0.5) is 0 Å². The van der Waals surface area contributed by atoms with Crippen LogP contribution in [0.15, 0.2) is 0 Å². The summed E-state index contributed by atoms with van der Waals surface area (Å²) in [4.78, 5) is 34.6. The molecule has 0 aliphatic heterocycles. The van der Waals surface area contributed by atoms with Gasteiger partial charge in [-0.2, -0.15) is 0 Å². The Morgan fingerprint density at radius 2 is 1.65 bits per heavy atom. The van der Waals surface area contributed by atoms with Gasteiger partial charge in [-0.1, -0.05) is 34.1 Å². The smallest absolute Gasteiger partial charge is 0.326 e. The molecule has 0 saturated carbocycles. The summed E-state index contributed by atoms with van der Waals surface area (Å²) >= 11 is 0. The van der Waals surface area contributed by atoms with Gasteiger partial charge in [0.25, 0.3) is 0 Å². The van der Waals surface area contributed by atoms with Crippen molar-refractivity contribution in [3.63, 3.8) is 0 Å². The van der Waals surface area contributed by atoms with Gasteiger partial charge in [0.1, 0.15) is 12.1 Å². The van der Waals surface area contributed by atoms with E-state index in [0.717, 1.165) is 0 Å². The van der Waals surface area contributed by atoms with E-state index in [1.807, 2.05) is 13.8 Å². The number of carboxylic acids is 1. The Morgan fingerprint density at radius 1 is 1.10 bits per heavy atom. The summed E-state index contributed by atoms with van der Waals surface area (Å²) in [7, 11) is 0. The van der Waals surface area contributed by atoms with Crippen LogP contribution in [0.2, 0.25) is 0 Å². The molecule has 116 valence electrons. The van der Waals surface area contributed by atoms with Gasteiger partial charge < -0.3 is 21.5 Å². The number of aliphatic carboxylic acids is 1. The lowest BCUT2D eigenvalue weighted by Crippen LogP contribution is -2.56. The van der Waals surface area contributed by atoms with Crippen molar-refractivity contribution in [3.05, 3.63) is 0 Å². The minimum absolute atomic E-state index is 0.118. The number of nitrogens with two attached hydrogens (primary N) is 1. The zero-order valence-electron chi connectivity index (χ0n) is 12.5. The van der Waals surface area contributed by atoms with Crippen LogP contribution in [-0.4, -0.2) is 41.5 Å². The van der Waals surface area contributed by atoms with Crippen LogP contribution in [0.1, 0.15) is 34.1 Å². The van der Waals surface area contributed by atoms with Crippen molar-refractivity contribution < 1.29 is 19.5 Å². The monoisotopic (exact) mass is 287 g/mol. The fourth-order valence-corrected chi connectivity index (χ4v) is 1.69. The van der Waals surface area contributed by atoms with Crippen molar-refractivity contribution in [2.24, 2.45) is 17.6 Å². The highest BCUT2D eigenvalue weighted by atomic mass is 16.4. The molecule has 0 aliphatic rings. The molecule has 0 unspecified atom stereocenters. The Kier molecular flexibility index (Phi) is 7.83. The van der Waals surface area contributed by atoms with Crippen LogP contribution < -0.4 is 16.4 Å². The van der Waals surface area contributed by atoms with Gasteiger partial charge in [-0.05, 0) is 11.8 Å². The summed E-state index contributed by atoms with van der Waals surface area (Å²) in [6.07, 6.45) is 0.669. The largest absolute Gasteiger partial charge is 0.480 e. The first-order valence-electron chi connectivity index (χ1n) is 6.77. The predicted octanol–water partition coefficient (Wildman–Crippen LogP) is -0.299. The zero-order chi connectivity index (χ0) is 15.9. The van der Waals surface area contributed by atoms with Gasteiger partial charge in [-0.25, -0.2) is 4.79 Å². The third-order valence-electron chi connectivity index (χ3n) is 3.23. The lowest BCUT2D eigenvalue weighted by molar-refractivity contribution is -0.143. The van der Waals surface area contributed by atoms with E-state index >= 15 is 0 Å². The second-order valence-corrected chi connectivity index (χ2v) is 5.20. The molecule has 7 nitrogen and oxygen atoms in total. The van der Waals surface area contributed by atoms with Crippen LogP contribution in [0.3, 0.4) is 0 Å². The number of amides is 2. The third-order valence-corrected chi connectivity index (χ3v) is 3.23. The molecule has 7 heteroatoms. The van der Waals surface area contributed by atoms with Crippen LogP contribution in [-0.2, 0) is 14.4 Å². The van der Waals surface area contributed by atoms with Gasteiger partial charge >= 0.3 is 5.97 Å². The number of hydrogen-bond acceptors (Lipinski definition) is 4. The second kappa shape index (κ2) is 8.52. The van der Waals surface area contributed by atoms with Crippen LogP contribution in [0.25, 0.3) is 0 Å². The van der Waals surface area contributed by atoms with Gasteiger partial charge in [-0.15, -0.1) is 0 Å². The lowest BCUT2D eigenvalue weighted by Gasteiger charge is -2.26. The average molecular weight is 287 g/mol. The summed E-state index contributed by atoms with van der Waals surface area (Å²) in [5.41, 5.74) is 5.22. The quantitative estimate of drug-likeness (QED) is 0.488. The first kappa shape index (κ1) is 18.4. The highest BCUT2D eigenvalue weighted by Gasteiger charge is 2.30. The molecule has 0 heterocycles. The van der Waals surface area contributed by atoms with E-state index in [4.69, 9.17) is 10.8 Å². The molecule has 20 heavy (non-hydrogen) atoms. The van der Waals surface area contributed by atoms with E-state index in [0.29, 0.717) is 6.42 Å². The summed E-state index contributed by atoms with van der Waals surface area (Å²) in [6.45, 7) is 6.89. The van der Waals surface area contributed by atoms with Crippen LogP contribution in [0.5, 0.6) is 0 Å². The van der Waals surface area contributed by atoms with E-state index in [2.05, 4.69) is 10.6 Å².